The maximum absolute atomic E-state index is 12.5. The molecule has 1 aliphatic heterocycles. The quantitative estimate of drug-likeness (QED) is 0.924. The number of aryl methyl sites for hydroxylation is 1. The number of ether oxygens (including phenoxy) is 1. The lowest BCUT2D eigenvalue weighted by molar-refractivity contribution is 0.0989. The minimum atomic E-state index is -3.57. The van der Waals surface area contributed by atoms with Crippen molar-refractivity contribution in [2.75, 3.05) is 29.4 Å². The molecular formula is C18H22N2O3S. The molecule has 1 aliphatic rings. The third-order valence-corrected chi connectivity index (χ3v) is 5.50. The van der Waals surface area contributed by atoms with E-state index in [1.165, 1.54) is 0 Å². The number of nitrogens with zero attached hydrogens (tertiary/aromatic N) is 1. The minimum Gasteiger partial charge on any atom is -0.377 e. The Hall–Kier alpha value is -2.05. The third kappa shape index (κ3) is 3.71. The summed E-state index contributed by atoms with van der Waals surface area (Å²) in [7, 11) is -3.57. The number of hydrogen-bond acceptors (Lipinski definition) is 4. The average molecular weight is 346 g/mol. The summed E-state index contributed by atoms with van der Waals surface area (Å²) in [5.41, 5.74) is 2.54. The fraction of sp³-hybridized carbons (Fsp3) is 0.333. The summed E-state index contributed by atoms with van der Waals surface area (Å²) in [4.78, 5) is 2.54. The van der Waals surface area contributed by atoms with Gasteiger partial charge in [-0.15, -0.1) is 0 Å². The van der Waals surface area contributed by atoms with E-state index in [0.717, 1.165) is 17.8 Å². The highest BCUT2D eigenvalue weighted by Gasteiger charge is 2.19. The molecule has 1 heterocycles. The second-order valence-corrected chi connectivity index (χ2v) is 7.77. The van der Waals surface area contributed by atoms with Gasteiger partial charge in [0.1, 0.15) is 0 Å². The zero-order chi connectivity index (χ0) is 17.2. The van der Waals surface area contributed by atoms with E-state index in [2.05, 4.69) is 16.5 Å². The molecule has 1 fully saturated rings. The molecule has 0 bridgehead atoms. The van der Waals surface area contributed by atoms with Crippen LogP contribution >= 0.6 is 0 Å². The first-order valence-electron chi connectivity index (χ1n) is 8.00. The highest BCUT2D eigenvalue weighted by molar-refractivity contribution is 7.92. The maximum atomic E-state index is 12.5. The first kappa shape index (κ1) is 16.8. The van der Waals surface area contributed by atoms with E-state index in [1.54, 1.807) is 30.3 Å². The summed E-state index contributed by atoms with van der Waals surface area (Å²) in [6.45, 7) is 6.26. The number of benzene rings is 2. The van der Waals surface area contributed by atoms with Crippen molar-refractivity contribution < 1.29 is 13.2 Å². The third-order valence-electron chi connectivity index (χ3n) is 4.12. The van der Waals surface area contributed by atoms with Crippen LogP contribution in [0.5, 0.6) is 0 Å². The Bertz CT molecular complexity index is 803. The van der Waals surface area contributed by atoms with Crippen LogP contribution in [0.15, 0.2) is 53.4 Å². The molecule has 0 aliphatic carbocycles. The summed E-state index contributed by atoms with van der Waals surface area (Å²) < 4.78 is 33.0. The maximum Gasteiger partial charge on any atom is 0.261 e. The highest BCUT2D eigenvalue weighted by Crippen LogP contribution is 2.23. The number of anilines is 2. The van der Waals surface area contributed by atoms with Gasteiger partial charge in [0.05, 0.1) is 18.1 Å². The molecular weight excluding hydrogens is 324 g/mol. The fourth-order valence-corrected chi connectivity index (χ4v) is 3.99. The Morgan fingerprint density at radius 3 is 2.58 bits per heavy atom. The lowest BCUT2D eigenvalue weighted by atomic mass is 10.2. The Morgan fingerprint density at radius 2 is 1.92 bits per heavy atom. The molecule has 0 spiro atoms. The molecule has 0 saturated carbocycles. The van der Waals surface area contributed by atoms with Crippen molar-refractivity contribution in [1.29, 1.82) is 0 Å². The molecule has 1 saturated heterocycles. The van der Waals surface area contributed by atoms with Gasteiger partial charge >= 0.3 is 0 Å². The van der Waals surface area contributed by atoms with E-state index >= 15 is 0 Å². The first-order valence-corrected chi connectivity index (χ1v) is 9.48. The van der Waals surface area contributed by atoms with Gasteiger partial charge in [-0.25, -0.2) is 8.42 Å². The normalized spacial score (nSPS) is 18.4. The van der Waals surface area contributed by atoms with Gasteiger partial charge in [-0.2, -0.15) is 0 Å². The van der Waals surface area contributed by atoms with Crippen LogP contribution in [0.4, 0.5) is 11.4 Å². The van der Waals surface area contributed by atoms with Crippen LogP contribution in [-0.2, 0) is 14.8 Å². The largest absolute Gasteiger partial charge is 0.377 e. The molecule has 0 aromatic heterocycles. The van der Waals surface area contributed by atoms with Gasteiger partial charge in [-0.3, -0.25) is 4.72 Å². The van der Waals surface area contributed by atoms with Gasteiger partial charge in [-0.1, -0.05) is 12.1 Å². The van der Waals surface area contributed by atoms with E-state index < -0.39 is 10.0 Å². The molecule has 2 aromatic rings. The van der Waals surface area contributed by atoms with Crippen molar-refractivity contribution in [3.05, 3.63) is 54.1 Å². The van der Waals surface area contributed by atoms with E-state index in [0.29, 0.717) is 24.9 Å². The molecule has 128 valence electrons. The fourth-order valence-electron chi connectivity index (χ4n) is 2.83. The average Bonchev–Trinajstić information content (AvgIpc) is 2.56. The zero-order valence-corrected chi connectivity index (χ0v) is 14.7. The molecule has 6 heteroatoms. The van der Waals surface area contributed by atoms with Crippen molar-refractivity contribution in [2.45, 2.75) is 24.8 Å². The number of hydrogen-bond donors (Lipinski definition) is 1. The van der Waals surface area contributed by atoms with Gasteiger partial charge in [0, 0.05) is 24.0 Å². The molecule has 1 N–H and O–H groups in total. The topological polar surface area (TPSA) is 58.6 Å². The van der Waals surface area contributed by atoms with Crippen molar-refractivity contribution >= 4 is 21.4 Å². The summed E-state index contributed by atoms with van der Waals surface area (Å²) in [5, 5.41) is 0. The van der Waals surface area contributed by atoms with Crippen LogP contribution in [0.25, 0.3) is 0 Å². The standard InChI is InChI=1S/C18H22N2O3S/c1-14-4-3-5-18(12-14)24(21,22)19-16-6-8-17(9-7-16)20-10-11-23-13-15(20)2/h3-9,12,15,19H,10-11,13H2,1-2H3. The Balaban J connectivity index is 1.76. The summed E-state index contributed by atoms with van der Waals surface area (Å²) >= 11 is 0. The SMILES string of the molecule is Cc1cccc(S(=O)(=O)Nc2ccc(N3CCOCC3C)cc2)c1. The van der Waals surface area contributed by atoms with Crippen molar-refractivity contribution in [3.63, 3.8) is 0 Å². The van der Waals surface area contributed by atoms with Crippen molar-refractivity contribution in [1.82, 2.24) is 0 Å². The van der Waals surface area contributed by atoms with E-state index in [9.17, 15) is 8.42 Å². The predicted octanol–water partition coefficient (Wildman–Crippen LogP) is 3.02. The zero-order valence-electron chi connectivity index (χ0n) is 13.9. The summed E-state index contributed by atoms with van der Waals surface area (Å²) in [5.74, 6) is 0. The van der Waals surface area contributed by atoms with E-state index in [-0.39, 0.29) is 4.90 Å². The second kappa shape index (κ2) is 6.83. The van der Waals surface area contributed by atoms with Gasteiger partial charge in [-0.05, 0) is 55.8 Å². The lowest BCUT2D eigenvalue weighted by Crippen LogP contribution is -2.43. The van der Waals surface area contributed by atoms with Gasteiger partial charge in [0.2, 0.25) is 0 Å². The Morgan fingerprint density at radius 1 is 1.17 bits per heavy atom. The van der Waals surface area contributed by atoms with Crippen LogP contribution in [-0.4, -0.2) is 34.2 Å². The second-order valence-electron chi connectivity index (χ2n) is 6.09. The van der Waals surface area contributed by atoms with Crippen LogP contribution in [0.2, 0.25) is 0 Å². The predicted molar refractivity (Wildman–Crippen MR) is 96.1 cm³/mol. The van der Waals surface area contributed by atoms with Crippen LogP contribution in [0, 0.1) is 6.92 Å². The van der Waals surface area contributed by atoms with Crippen molar-refractivity contribution in [3.8, 4) is 0 Å². The Kier molecular flexibility index (Phi) is 4.78. The molecule has 3 rings (SSSR count). The number of sulfonamides is 1. The minimum absolute atomic E-state index is 0.272. The van der Waals surface area contributed by atoms with Gasteiger partial charge in [0.15, 0.2) is 0 Å². The molecule has 0 amide bonds. The van der Waals surface area contributed by atoms with Crippen LogP contribution < -0.4 is 9.62 Å². The van der Waals surface area contributed by atoms with Gasteiger partial charge in [0.25, 0.3) is 10.0 Å². The molecule has 5 nitrogen and oxygen atoms in total. The number of rotatable bonds is 4. The molecule has 24 heavy (non-hydrogen) atoms. The van der Waals surface area contributed by atoms with E-state index in [4.69, 9.17) is 4.74 Å². The monoisotopic (exact) mass is 346 g/mol. The smallest absolute Gasteiger partial charge is 0.261 e. The first-order chi connectivity index (χ1) is 11.5. The molecule has 1 unspecified atom stereocenters. The van der Waals surface area contributed by atoms with Crippen LogP contribution in [0.3, 0.4) is 0 Å². The van der Waals surface area contributed by atoms with Crippen LogP contribution in [0.1, 0.15) is 12.5 Å². The summed E-state index contributed by atoms with van der Waals surface area (Å²) in [6, 6.07) is 14.7. The number of morpholine rings is 1. The van der Waals surface area contributed by atoms with E-state index in [1.807, 2.05) is 25.1 Å². The molecule has 2 aromatic carbocycles. The van der Waals surface area contributed by atoms with Gasteiger partial charge < -0.3 is 9.64 Å². The number of nitrogens with one attached hydrogen (secondary N) is 1. The van der Waals surface area contributed by atoms with Crippen molar-refractivity contribution in [2.24, 2.45) is 0 Å². The highest BCUT2D eigenvalue weighted by atomic mass is 32.2. The molecule has 1 atom stereocenters. The lowest BCUT2D eigenvalue weighted by Gasteiger charge is -2.35. The molecule has 0 radical (unpaired) electrons. The Labute approximate surface area is 143 Å². The summed E-state index contributed by atoms with van der Waals surface area (Å²) in [6.07, 6.45) is 0.